The van der Waals surface area contributed by atoms with Gasteiger partial charge < -0.3 is 13.8 Å². The lowest BCUT2D eigenvalue weighted by molar-refractivity contribution is 0.340. The second-order valence-corrected chi connectivity index (χ2v) is 7.51. The number of benzene rings is 2. The van der Waals surface area contributed by atoms with Crippen molar-refractivity contribution < 1.29 is 9.26 Å². The average Bonchev–Trinajstić information content (AvgIpc) is 3.44. The Kier molecular flexibility index (Phi) is 5.20. The lowest BCUT2D eigenvalue weighted by Crippen LogP contribution is -2.21. The number of halogens is 1. The first-order valence-corrected chi connectivity index (χ1v) is 10.4. The van der Waals surface area contributed by atoms with Gasteiger partial charge in [-0.25, -0.2) is 4.52 Å². The fraction of sp³-hybridized carbons (Fsp3) is 0.130. The van der Waals surface area contributed by atoms with Crippen LogP contribution >= 0.6 is 11.6 Å². The molecule has 32 heavy (non-hydrogen) atoms. The molecule has 2 aromatic carbocycles. The molecule has 0 saturated carbocycles. The van der Waals surface area contributed by atoms with Crippen molar-refractivity contribution in [2.75, 3.05) is 6.61 Å². The quantitative estimate of drug-likeness (QED) is 0.385. The fourth-order valence-corrected chi connectivity index (χ4v) is 3.58. The Hall–Kier alpha value is -3.91. The maximum Gasteiger partial charge on any atom is 0.277 e. The molecule has 0 amide bonds. The zero-order valence-electron chi connectivity index (χ0n) is 17.1. The number of aromatic nitrogens is 5. The van der Waals surface area contributed by atoms with E-state index < -0.39 is 0 Å². The van der Waals surface area contributed by atoms with Crippen molar-refractivity contribution in [2.24, 2.45) is 0 Å². The summed E-state index contributed by atoms with van der Waals surface area (Å²) in [7, 11) is 0. The molecule has 5 aromatic rings. The molecular weight excluding hydrogens is 430 g/mol. The van der Waals surface area contributed by atoms with E-state index in [2.05, 4.69) is 15.2 Å². The van der Waals surface area contributed by atoms with Gasteiger partial charge in [-0.15, -0.1) is 0 Å². The minimum absolute atomic E-state index is 0.145. The van der Waals surface area contributed by atoms with Crippen molar-refractivity contribution in [2.45, 2.75) is 13.5 Å². The highest BCUT2D eigenvalue weighted by Crippen LogP contribution is 2.22. The molecule has 0 aliphatic heterocycles. The average molecular weight is 448 g/mol. The van der Waals surface area contributed by atoms with Crippen molar-refractivity contribution in [1.29, 1.82) is 0 Å². The van der Waals surface area contributed by atoms with Crippen molar-refractivity contribution in [3.8, 4) is 28.4 Å². The molecule has 0 bridgehead atoms. The molecule has 0 aliphatic carbocycles. The lowest BCUT2D eigenvalue weighted by atomic mass is 10.1. The van der Waals surface area contributed by atoms with Gasteiger partial charge in [0.15, 0.2) is 0 Å². The first-order chi connectivity index (χ1) is 15.6. The summed E-state index contributed by atoms with van der Waals surface area (Å²) in [5, 5.41) is 9.09. The number of hydrogen-bond donors (Lipinski definition) is 0. The van der Waals surface area contributed by atoms with E-state index in [4.69, 9.17) is 20.9 Å². The molecule has 3 aromatic heterocycles. The van der Waals surface area contributed by atoms with Crippen LogP contribution in [-0.4, -0.2) is 30.9 Å². The van der Waals surface area contributed by atoms with E-state index in [0.29, 0.717) is 34.6 Å². The molecule has 0 N–H and O–H groups in total. The first-order valence-electron chi connectivity index (χ1n) is 10.0. The zero-order chi connectivity index (χ0) is 22.1. The summed E-state index contributed by atoms with van der Waals surface area (Å²) in [6.07, 6.45) is 3.37. The third kappa shape index (κ3) is 3.88. The molecule has 160 valence electrons. The van der Waals surface area contributed by atoms with Crippen LogP contribution in [0.4, 0.5) is 0 Å². The predicted octanol–water partition coefficient (Wildman–Crippen LogP) is 4.31. The van der Waals surface area contributed by atoms with Crippen LogP contribution in [0.5, 0.6) is 5.75 Å². The Balaban J connectivity index is 1.42. The fourth-order valence-electron chi connectivity index (χ4n) is 3.39. The molecule has 0 atom stereocenters. The number of rotatable bonds is 6. The van der Waals surface area contributed by atoms with Gasteiger partial charge in [0.2, 0.25) is 11.7 Å². The molecule has 8 nitrogen and oxygen atoms in total. The minimum atomic E-state index is -0.209. The Morgan fingerprint density at radius 1 is 1.06 bits per heavy atom. The summed E-state index contributed by atoms with van der Waals surface area (Å²) < 4.78 is 13.9. The molecular formula is C23H18ClN5O3. The van der Waals surface area contributed by atoms with Crippen LogP contribution < -0.4 is 10.3 Å². The molecule has 0 saturated heterocycles. The SMILES string of the molecule is CCOc1ccc(-c2cc3c(=O)n(Cc4nc(-c5cccc(Cl)c5)no4)ccn3n2)cc1. The number of nitrogens with zero attached hydrogens (tertiary/aromatic N) is 5. The smallest absolute Gasteiger partial charge is 0.277 e. The topological polar surface area (TPSA) is 87.5 Å². The van der Waals surface area contributed by atoms with Gasteiger partial charge in [-0.1, -0.05) is 28.9 Å². The Bertz CT molecular complexity index is 1450. The van der Waals surface area contributed by atoms with Gasteiger partial charge in [0.05, 0.1) is 12.3 Å². The van der Waals surface area contributed by atoms with Gasteiger partial charge in [0, 0.05) is 28.5 Å². The maximum atomic E-state index is 13.0. The summed E-state index contributed by atoms with van der Waals surface area (Å²) in [6, 6.07) is 16.5. The molecule has 0 radical (unpaired) electrons. The molecule has 5 rings (SSSR count). The Morgan fingerprint density at radius 3 is 2.69 bits per heavy atom. The zero-order valence-corrected chi connectivity index (χ0v) is 17.9. The summed E-state index contributed by atoms with van der Waals surface area (Å²) in [4.78, 5) is 17.4. The van der Waals surface area contributed by atoms with Gasteiger partial charge in [0.1, 0.15) is 17.8 Å². The number of hydrogen-bond acceptors (Lipinski definition) is 6. The van der Waals surface area contributed by atoms with Crippen LogP contribution in [0.1, 0.15) is 12.8 Å². The minimum Gasteiger partial charge on any atom is -0.494 e. The van der Waals surface area contributed by atoms with Crippen LogP contribution in [0.25, 0.3) is 28.2 Å². The van der Waals surface area contributed by atoms with Gasteiger partial charge in [-0.05, 0) is 49.4 Å². The summed E-state index contributed by atoms with van der Waals surface area (Å²) in [6.45, 7) is 2.69. The lowest BCUT2D eigenvalue weighted by Gasteiger charge is -2.02. The van der Waals surface area contributed by atoms with Crippen LogP contribution in [0, 0.1) is 0 Å². The molecule has 0 fully saturated rings. The van der Waals surface area contributed by atoms with Gasteiger partial charge in [-0.3, -0.25) is 4.79 Å². The Morgan fingerprint density at radius 2 is 1.91 bits per heavy atom. The van der Waals surface area contributed by atoms with E-state index in [1.54, 1.807) is 35.1 Å². The summed E-state index contributed by atoms with van der Waals surface area (Å²) in [5.41, 5.74) is 2.58. The predicted molar refractivity (Wildman–Crippen MR) is 120 cm³/mol. The second-order valence-electron chi connectivity index (χ2n) is 7.07. The van der Waals surface area contributed by atoms with E-state index in [0.717, 1.165) is 16.9 Å². The summed E-state index contributed by atoms with van der Waals surface area (Å²) in [5.74, 6) is 1.52. The molecule has 0 spiro atoms. The molecule has 9 heteroatoms. The Labute approximate surface area is 187 Å². The van der Waals surface area contributed by atoms with Gasteiger partial charge in [0.25, 0.3) is 5.56 Å². The normalized spacial score (nSPS) is 11.2. The van der Waals surface area contributed by atoms with E-state index >= 15 is 0 Å². The van der Waals surface area contributed by atoms with Crippen molar-refractivity contribution in [3.63, 3.8) is 0 Å². The third-order valence-corrected chi connectivity index (χ3v) is 5.16. The van der Waals surface area contributed by atoms with E-state index in [1.807, 2.05) is 43.3 Å². The van der Waals surface area contributed by atoms with E-state index in [1.165, 1.54) is 4.57 Å². The summed E-state index contributed by atoms with van der Waals surface area (Å²) >= 11 is 6.03. The monoisotopic (exact) mass is 447 g/mol. The standard InChI is InChI=1S/C23H18ClN5O3/c1-2-31-18-8-6-15(7-9-18)19-13-20-23(30)28(10-11-29(20)26-19)14-21-25-22(27-32-21)16-4-3-5-17(24)12-16/h3-13H,2,14H2,1H3. The molecule has 0 aliphatic rings. The van der Waals surface area contributed by atoms with Gasteiger partial charge in [-0.2, -0.15) is 10.1 Å². The van der Waals surface area contributed by atoms with Crippen LogP contribution in [0.2, 0.25) is 5.02 Å². The molecule has 3 heterocycles. The highest BCUT2D eigenvalue weighted by molar-refractivity contribution is 6.30. The van der Waals surface area contributed by atoms with Crippen molar-refractivity contribution in [1.82, 2.24) is 24.3 Å². The highest BCUT2D eigenvalue weighted by Gasteiger charge is 2.13. The molecule has 0 unspecified atom stereocenters. The first kappa shape index (κ1) is 20.0. The number of fused-ring (bicyclic) bond motifs is 1. The maximum absolute atomic E-state index is 13.0. The second kappa shape index (κ2) is 8.32. The number of ether oxygens (including phenoxy) is 1. The van der Waals surface area contributed by atoms with Crippen molar-refractivity contribution >= 4 is 17.1 Å². The van der Waals surface area contributed by atoms with Crippen LogP contribution in [0.15, 0.2) is 76.3 Å². The van der Waals surface area contributed by atoms with E-state index in [9.17, 15) is 4.79 Å². The third-order valence-electron chi connectivity index (χ3n) is 4.92. The van der Waals surface area contributed by atoms with Crippen LogP contribution in [0.3, 0.4) is 0 Å². The van der Waals surface area contributed by atoms with E-state index in [-0.39, 0.29) is 12.1 Å². The van der Waals surface area contributed by atoms with Crippen molar-refractivity contribution in [3.05, 3.63) is 88.3 Å². The van der Waals surface area contributed by atoms with Crippen LogP contribution in [-0.2, 0) is 6.54 Å². The highest BCUT2D eigenvalue weighted by atomic mass is 35.5. The van der Waals surface area contributed by atoms with Gasteiger partial charge >= 0.3 is 0 Å². The largest absolute Gasteiger partial charge is 0.494 e.